The Hall–Kier alpha value is -5.59. The van der Waals surface area contributed by atoms with E-state index in [1.54, 1.807) is 58.5 Å². The summed E-state index contributed by atoms with van der Waals surface area (Å²) in [5.41, 5.74) is 2.64. The van der Waals surface area contributed by atoms with Crippen molar-refractivity contribution in [2.24, 2.45) is 0 Å². The second kappa shape index (κ2) is 24.0. The van der Waals surface area contributed by atoms with E-state index in [2.05, 4.69) is 15.3 Å². The van der Waals surface area contributed by atoms with Crippen LogP contribution in [-0.2, 0) is 38.7 Å². The predicted molar refractivity (Wildman–Crippen MR) is 236 cm³/mol. The van der Waals surface area contributed by atoms with E-state index in [-0.39, 0.29) is 77.5 Å². The minimum atomic E-state index is -0.560. The van der Waals surface area contributed by atoms with Gasteiger partial charge in [-0.15, -0.1) is 34.3 Å². The number of hydrogen-bond donors (Lipinski definition) is 1. The number of carbonyl (C=O) groups is 4. The molecule has 0 spiro atoms. The Kier molecular flexibility index (Phi) is 18.9. The van der Waals surface area contributed by atoms with Crippen molar-refractivity contribution >= 4 is 78.2 Å². The molecule has 6 heterocycles. The van der Waals surface area contributed by atoms with Gasteiger partial charge in [-0.1, -0.05) is 26.7 Å². The first kappa shape index (κ1) is 48.1. The number of nitrogens with one attached hydrogen (secondary N) is 1. The number of halogens is 1. The van der Waals surface area contributed by atoms with Gasteiger partial charge < -0.3 is 18.9 Å². The fourth-order valence-corrected chi connectivity index (χ4v) is 7.67. The van der Waals surface area contributed by atoms with Gasteiger partial charge in [0.2, 0.25) is 11.5 Å². The number of unbranched alkanes of at least 4 members (excludes halogenated alkanes) is 2. The molecule has 16 nitrogen and oxygen atoms in total. The van der Waals surface area contributed by atoms with Gasteiger partial charge in [0.15, 0.2) is 5.78 Å². The lowest BCUT2D eigenvalue weighted by Crippen LogP contribution is -2.26. The zero-order valence-corrected chi connectivity index (χ0v) is 37.5. The van der Waals surface area contributed by atoms with Crippen LogP contribution in [0.25, 0.3) is 20.4 Å². The highest BCUT2D eigenvalue weighted by molar-refractivity contribution is 7.17. The Labute approximate surface area is 365 Å². The summed E-state index contributed by atoms with van der Waals surface area (Å²) in [5, 5.41) is 14.5. The average Bonchev–Trinajstić information content (AvgIpc) is 4.08. The van der Waals surface area contributed by atoms with E-state index in [4.69, 9.17) is 30.5 Å². The molecule has 0 atom stereocenters. The minimum Gasteiger partial charge on any atom is -0.487 e. The Bertz CT molecular complexity index is 2520. The van der Waals surface area contributed by atoms with Crippen molar-refractivity contribution in [2.45, 2.75) is 86.9 Å². The molecule has 0 radical (unpaired) electrons. The number of aromatic amines is 1. The summed E-state index contributed by atoms with van der Waals surface area (Å²) in [4.78, 5) is 72.7. The largest absolute Gasteiger partial charge is 0.487 e. The molecular weight excluding hydrogens is 848 g/mol. The van der Waals surface area contributed by atoms with E-state index in [1.807, 2.05) is 30.7 Å². The van der Waals surface area contributed by atoms with E-state index in [0.29, 0.717) is 40.2 Å². The molecule has 0 aliphatic carbocycles. The summed E-state index contributed by atoms with van der Waals surface area (Å²) in [7, 11) is 0. The van der Waals surface area contributed by atoms with E-state index in [0.717, 1.165) is 36.8 Å². The Morgan fingerprint density at radius 2 is 1.23 bits per heavy atom. The van der Waals surface area contributed by atoms with E-state index >= 15 is 0 Å². The highest BCUT2D eigenvalue weighted by atomic mass is 35.5. The van der Waals surface area contributed by atoms with Crippen LogP contribution in [0.1, 0.15) is 99.1 Å². The first-order chi connectivity index (χ1) is 29.4. The fourth-order valence-electron chi connectivity index (χ4n) is 5.82. The third-order valence-electron chi connectivity index (χ3n) is 8.60. The van der Waals surface area contributed by atoms with Crippen molar-refractivity contribution in [1.82, 2.24) is 29.1 Å². The molecule has 0 saturated carbocycles. The first-order valence-corrected chi connectivity index (χ1v) is 22.1. The number of pyridine rings is 2. The number of hydrogen-bond acceptors (Lipinski definition) is 14. The summed E-state index contributed by atoms with van der Waals surface area (Å²) >= 11 is 7.74. The number of esters is 2. The van der Waals surface area contributed by atoms with Gasteiger partial charge in [0.1, 0.15) is 16.9 Å². The molecule has 1 N–H and O–H groups in total. The fraction of sp³-hybridized carbons (Fsp3) is 0.429. The van der Waals surface area contributed by atoms with E-state index < -0.39 is 11.9 Å². The molecule has 0 amide bonds. The van der Waals surface area contributed by atoms with Crippen molar-refractivity contribution in [2.75, 3.05) is 32.3 Å². The average molecular weight is 899 g/mol. The number of carbonyl (C=O) groups excluding carboxylic acids is 4. The molecule has 61 heavy (non-hydrogen) atoms. The molecule has 0 fully saturated rings. The molecule has 0 saturated heterocycles. The zero-order chi connectivity index (χ0) is 44.5. The second-order valence-corrected chi connectivity index (χ2v) is 15.6. The van der Waals surface area contributed by atoms with Crippen LogP contribution in [0.2, 0.25) is 0 Å². The molecule has 6 aromatic rings. The number of alkyl halides is 1. The second-order valence-electron chi connectivity index (χ2n) is 13.5. The van der Waals surface area contributed by atoms with Crippen LogP contribution in [0.5, 0.6) is 11.5 Å². The normalized spacial score (nSPS) is 10.7. The van der Waals surface area contributed by atoms with Crippen molar-refractivity contribution in [3.05, 3.63) is 90.6 Å². The lowest BCUT2D eigenvalue weighted by Gasteiger charge is -2.15. The Morgan fingerprint density at radius 3 is 1.64 bits per heavy atom. The maximum absolute atomic E-state index is 13.3. The van der Waals surface area contributed by atoms with Gasteiger partial charge in [-0.25, -0.2) is 9.59 Å². The summed E-state index contributed by atoms with van der Waals surface area (Å²) in [6, 6.07) is 3.64. The number of ketones is 2. The number of thiophene rings is 2. The number of H-pyrrole nitrogens is 1. The summed E-state index contributed by atoms with van der Waals surface area (Å²) in [6.45, 7) is 12.4. The lowest BCUT2D eigenvalue weighted by atomic mass is 10.2. The van der Waals surface area contributed by atoms with Gasteiger partial charge in [0.05, 0.1) is 84.8 Å². The molecule has 0 bridgehead atoms. The van der Waals surface area contributed by atoms with Crippen molar-refractivity contribution in [3.63, 3.8) is 0 Å². The maximum atomic E-state index is 13.3. The number of fused-ring (bicyclic) bond motifs is 2. The smallest absolute Gasteiger partial charge is 0.343 e. The van der Waals surface area contributed by atoms with E-state index in [9.17, 15) is 28.8 Å². The SMILES string of the molecule is CC(=O)CCl.CCCCOc1c(C(=O)OCC)c2sccc2n(Cc2cn[nH]c2)c1=O.CCCCOc1c(C(=O)OCC)c2sccc2n(Cc2cnn(CC(C)=O)c2)c1=O. The number of Topliss-reactive ketones (excluding diaryl/α,β-unsaturated/α-hetero) is 2. The van der Waals surface area contributed by atoms with Crippen molar-refractivity contribution < 1.29 is 38.1 Å². The number of nitrogens with zero attached hydrogens (tertiary/aromatic N) is 5. The highest BCUT2D eigenvalue weighted by Crippen LogP contribution is 2.32. The first-order valence-electron chi connectivity index (χ1n) is 19.8. The van der Waals surface area contributed by atoms with Gasteiger partial charge in [0, 0.05) is 23.5 Å². The number of aromatic nitrogens is 6. The summed E-state index contributed by atoms with van der Waals surface area (Å²) in [5.74, 6) is -0.851. The molecule has 0 aliphatic heterocycles. The van der Waals surface area contributed by atoms with Crippen LogP contribution in [0.15, 0.2) is 57.3 Å². The number of ether oxygens (including phenoxy) is 4. The van der Waals surface area contributed by atoms with Crippen molar-refractivity contribution in [3.8, 4) is 11.5 Å². The molecule has 19 heteroatoms. The third-order valence-corrected chi connectivity index (χ3v) is 10.8. The minimum absolute atomic E-state index is 0.00700. The maximum Gasteiger partial charge on any atom is 0.343 e. The topological polar surface area (TPSA) is 196 Å². The Morgan fingerprint density at radius 1 is 0.738 bits per heavy atom. The quantitative estimate of drug-likeness (QED) is 0.0486. The lowest BCUT2D eigenvalue weighted by molar-refractivity contribution is -0.117. The predicted octanol–water partition coefficient (Wildman–Crippen LogP) is 7.26. The molecule has 0 aliphatic rings. The van der Waals surface area contributed by atoms with Crippen LogP contribution < -0.4 is 20.6 Å². The summed E-state index contributed by atoms with van der Waals surface area (Å²) < 4.78 is 28.0. The summed E-state index contributed by atoms with van der Waals surface area (Å²) in [6.07, 6.45) is 10.2. The molecule has 0 unspecified atom stereocenters. The monoisotopic (exact) mass is 898 g/mol. The van der Waals surface area contributed by atoms with Crippen LogP contribution in [0, 0.1) is 0 Å². The molecule has 328 valence electrons. The zero-order valence-electron chi connectivity index (χ0n) is 35.1. The van der Waals surface area contributed by atoms with Crippen LogP contribution in [-0.4, -0.2) is 84.9 Å². The van der Waals surface area contributed by atoms with Crippen molar-refractivity contribution in [1.29, 1.82) is 0 Å². The molecule has 6 aromatic heterocycles. The van der Waals surface area contributed by atoms with Crippen LogP contribution in [0.4, 0.5) is 0 Å². The van der Waals surface area contributed by atoms with Gasteiger partial charge in [0.25, 0.3) is 11.1 Å². The van der Waals surface area contributed by atoms with Gasteiger partial charge in [-0.05, 0) is 63.4 Å². The number of rotatable bonds is 19. The Balaban J connectivity index is 0.000000244. The standard InChI is InChI=1S/C21H25N3O5S.C18H21N3O4S.C3H5ClO/c1-4-6-8-29-18-17(21(27)28-5-2)19-16(7-9-30-19)24(20(18)26)13-15-10-22-23(12-15)11-14(3)25;1-3-5-7-25-15-14(18(23)24-4-2)16-13(6-8-26-16)21(17(15)22)11-12-9-19-20-10-12;1-3(5)2-4/h7,9-10,12H,4-6,8,11,13H2,1-3H3;6,8-10H,3-5,7,11H2,1-2H3,(H,19,20);2H2,1H3. The van der Waals surface area contributed by atoms with Crippen LogP contribution in [0.3, 0.4) is 0 Å². The van der Waals surface area contributed by atoms with E-state index in [1.165, 1.54) is 36.5 Å². The van der Waals surface area contributed by atoms with Gasteiger partial charge in [-0.3, -0.25) is 38.1 Å². The molecule has 6 rings (SSSR count). The third kappa shape index (κ3) is 12.7. The highest BCUT2D eigenvalue weighted by Gasteiger charge is 2.27. The van der Waals surface area contributed by atoms with Gasteiger partial charge >= 0.3 is 11.9 Å². The molecular formula is C42H51ClN6O10S2. The van der Waals surface area contributed by atoms with Crippen LogP contribution >= 0.6 is 34.3 Å². The molecule has 0 aromatic carbocycles. The van der Waals surface area contributed by atoms with Gasteiger partial charge in [-0.2, -0.15) is 10.2 Å².